The first-order valence-corrected chi connectivity index (χ1v) is 10.3. The van der Waals surface area contributed by atoms with Gasteiger partial charge in [-0.3, -0.25) is 9.36 Å². The first-order chi connectivity index (χ1) is 14.2. The number of hydrogen-bond donors (Lipinski definition) is 2. The lowest BCUT2D eigenvalue weighted by Gasteiger charge is -2.12. The fourth-order valence-electron chi connectivity index (χ4n) is 2.98. The molecule has 4 aromatic rings. The van der Waals surface area contributed by atoms with Gasteiger partial charge < -0.3 is 10.6 Å². The second-order valence-electron chi connectivity index (χ2n) is 6.24. The maximum Gasteiger partial charge on any atom is 0.270 e. The van der Waals surface area contributed by atoms with E-state index in [4.69, 9.17) is 0 Å². The maximum atomic E-state index is 12.8. The third-order valence-corrected chi connectivity index (χ3v) is 4.91. The van der Waals surface area contributed by atoms with Crippen LogP contribution < -0.4 is 10.6 Å². The molecule has 10 heteroatoms. The number of nitrogens with one attached hydrogen (secondary N) is 2. The zero-order valence-electron chi connectivity index (χ0n) is 16.0. The van der Waals surface area contributed by atoms with Crippen molar-refractivity contribution in [1.82, 2.24) is 34.4 Å². The number of benzene rings is 1. The van der Waals surface area contributed by atoms with Gasteiger partial charge in [0.25, 0.3) is 11.7 Å². The van der Waals surface area contributed by atoms with Gasteiger partial charge in [-0.15, -0.1) is 0 Å². The molecule has 0 fully saturated rings. The molecule has 1 amide bonds. The van der Waals surface area contributed by atoms with Crippen LogP contribution in [0.15, 0.2) is 54.1 Å². The summed E-state index contributed by atoms with van der Waals surface area (Å²) < 4.78 is 3.49. The van der Waals surface area contributed by atoms with E-state index in [-0.39, 0.29) is 5.91 Å². The summed E-state index contributed by atoms with van der Waals surface area (Å²) in [6, 6.07) is 11.6. The van der Waals surface area contributed by atoms with E-state index in [9.17, 15) is 4.79 Å². The minimum absolute atomic E-state index is 0.180. The van der Waals surface area contributed by atoms with Crippen molar-refractivity contribution in [2.24, 2.45) is 0 Å². The van der Waals surface area contributed by atoms with Crippen molar-refractivity contribution in [3.63, 3.8) is 0 Å². The van der Waals surface area contributed by atoms with Gasteiger partial charge in [0.05, 0.1) is 6.20 Å². The standard InChI is InChI=1S/C19H20N8OS/c1-13-10-16(27-18(25-13)23-12-24-27)20-8-9-21-17(28)15-11-22-19(29-2)26(15)14-6-4-3-5-7-14/h3-7,10-12,20H,8-9H2,1-2H3,(H,21,28). The third kappa shape index (κ3) is 3.92. The summed E-state index contributed by atoms with van der Waals surface area (Å²) in [7, 11) is 0. The zero-order valence-corrected chi connectivity index (χ0v) is 16.8. The summed E-state index contributed by atoms with van der Waals surface area (Å²) in [6.07, 6.45) is 5.00. The van der Waals surface area contributed by atoms with Gasteiger partial charge in [-0.2, -0.15) is 14.6 Å². The van der Waals surface area contributed by atoms with Crippen molar-refractivity contribution in [1.29, 1.82) is 0 Å². The average Bonchev–Trinajstić information content (AvgIpc) is 3.38. The number of amides is 1. The molecule has 2 N–H and O–H groups in total. The van der Waals surface area contributed by atoms with Crippen molar-refractivity contribution < 1.29 is 4.79 Å². The lowest BCUT2D eigenvalue weighted by atomic mass is 10.3. The highest BCUT2D eigenvalue weighted by Crippen LogP contribution is 2.21. The predicted molar refractivity (Wildman–Crippen MR) is 112 cm³/mol. The first-order valence-electron chi connectivity index (χ1n) is 9.04. The molecule has 4 rings (SSSR count). The first kappa shape index (κ1) is 18.9. The molecule has 0 aliphatic rings. The second kappa shape index (κ2) is 8.31. The highest BCUT2D eigenvalue weighted by atomic mass is 32.2. The van der Waals surface area contributed by atoms with Crippen LogP contribution in [0.3, 0.4) is 0 Å². The van der Waals surface area contributed by atoms with E-state index in [1.807, 2.05) is 54.1 Å². The molecule has 0 bridgehead atoms. The van der Waals surface area contributed by atoms with Crippen LogP contribution in [0.2, 0.25) is 0 Å². The topological polar surface area (TPSA) is 102 Å². The number of aromatic nitrogens is 6. The summed E-state index contributed by atoms with van der Waals surface area (Å²) in [6.45, 7) is 2.86. The number of fused-ring (bicyclic) bond motifs is 1. The molecule has 0 spiro atoms. The normalized spacial score (nSPS) is 11.0. The Morgan fingerprint density at radius 2 is 2.00 bits per heavy atom. The molecule has 9 nitrogen and oxygen atoms in total. The van der Waals surface area contributed by atoms with E-state index in [2.05, 4.69) is 30.7 Å². The third-order valence-electron chi connectivity index (χ3n) is 4.26. The summed E-state index contributed by atoms with van der Waals surface area (Å²) in [5.41, 5.74) is 2.24. The van der Waals surface area contributed by atoms with E-state index in [0.29, 0.717) is 24.6 Å². The Morgan fingerprint density at radius 1 is 1.17 bits per heavy atom. The van der Waals surface area contributed by atoms with Crippen LogP contribution in [0.4, 0.5) is 5.82 Å². The lowest BCUT2D eigenvalue weighted by molar-refractivity contribution is 0.0948. The number of para-hydroxylation sites is 1. The van der Waals surface area contributed by atoms with Gasteiger partial charge in [-0.1, -0.05) is 30.0 Å². The van der Waals surface area contributed by atoms with Crippen LogP contribution in [0, 0.1) is 6.92 Å². The Morgan fingerprint density at radius 3 is 2.79 bits per heavy atom. The molecule has 0 aliphatic carbocycles. The van der Waals surface area contributed by atoms with Crippen LogP contribution in [0.1, 0.15) is 16.2 Å². The molecule has 0 saturated carbocycles. The van der Waals surface area contributed by atoms with Crippen molar-refractivity contribution in [3.8, 4) is 5.69 Å². The minimum Gasteiger partial charge on any atom is -0.368 e. The molecular formula is C19H20N8OS. The van der Waals surface area contributed by atoms with Gasteiger partial charge in [0, 0.05) is 30.5 Å². The Labute approximate surface area is 171 Å². The fraction of sp³-hybridized carbons (Fsp3) is 0.211. The smallest absolute Gasteiger partial charge is 0.270 e. The molecule has 3 heterocycles. The van der Waals surface area contributed by atoms with Crippen LogP contribution in [0.25, 0.3) is 11.5 Å². The van der Waals surface area contributed by atoms with Crippen LogP contribution in [-0.4, -0.2) is 54.4 Å². The molecule has 1 aromatic carbocycles. The number of rotatable bonds is 7. The highest BCUT2D eigenvalue weighted by molar-refractivity contribution is 7.98. The Balaban J connectivity index is 1.43. The van der Waals surface area contributed by atoms with Gasteiger partial charge in [-0.25, -0.2) is 9.97 Å². The molecule has 29 heavy (non-hydrogen) atoms. The summed E-state index contributed by atoms with van der Waals surface area (Å²) in [5, 5.41) is 11.1. The molecule has 0 aliphatic heterocycles. The maximum absolute atomic E-state index is 12.8. The zero-order chi connectivity index (χ0) is 20.2. The molecule has 0 radical (unpaired) electrons. The largest absolute Gasteiger partial charge is 0.368 e. The Kier molecular flexibility index (Phi) is 5.43. The SMILES string of the molecule is CSc1ncc(C(=O)NCCNc2cc(C)nc3ncnn23)n1-c1ccccc1. The lowest BCUT2D eigenvalue weighted by Crippen LogP contribution is -2.30. The molecule has 3 aromatic heterocycles. The molecule has 148 valence electrons. The van der Waals surface area contributed by atoms with Gasteiger partial charge in [0.2, 0.25) is 0 Å². The molecule has 0 atom stereocenters. The number of imidazole rings is 1. The van der Waals surface area contributed by atoms with Crippen LogP contribution >= 0.6 is 11.8 Å². The number of carbonyl (C=O) groups excluding carboxylic acids is 1. The molecule has 0 unspecified atom stereocenters. The number of carbonyl (C=O) groups is 1. The monoisotopic (exact) mass is 408 g/mol. The van der Waals surface area contributed by atoms with Crippen molar-refractivity contribution in [2.45, 2.75) is 12.1 Å². The Bertz CT molecular complexity index is 1140. The van der Waals surface area contributed by atoms with Crippen molar-refractivity contribution >= 4 is 29.3 Å². The Hall–Kier alpha value is -3.40. The van der Waals surface area contributed by atoms with Crippen LogP contribution in [-0.2, 0) is 0 Å². The number of anilines is 1. The van der Waals surface area contributed by atoms with Gasteiger partial charge in [-0.05, 0) is 25.3 Å². The number of hydrogen-bond acceptors (Lipinski definition) is 7. The second-order valence-corrected chi connectivity index (χ2v) is 7.01. The van der Waals surface area contributed by atoms with E-state index < -0.39 is 0 Å². The summed E-state index contributed by atoms with van der Waals surface area (Å²) >= 11 is 1.50. The summed E-state index contributed by atoms with van der Waals surface area (Å²) in [4.78, 5) is 25.5. The van der Waals surface area contributed by atoms with Crippen molar-refractivity contribution in [2.75, 3.05) is 24.7 Å². The number of thioether (sulfide) groups is 1. The molecular weight excluding hydrogens is 388 g/mol. The van der Waals surface area contributed by atoms with E-state index >= 15 is 0 Å². The minimum atomic E-state index is -0.180. The van der Waals surface area contributed by atoms with E-state index in [0.717, 1.165) is 22.4 Å². The van der Waals surface area contributed by atoms with Gasteiger partial charge in [0.15, 0.2) is 5.16 Å². The highest BCUT2D eigenvalue weighted by Gasteiger charge is 2.17. The quantitative estimate of drug-likeness (QED) is 0.357. The number of nitrogens with zero attached hydrogens (tertiary/aromatic N) is 6. The van der Waals surface area contributed by atoms with E-state index in [1.54, 1.807) is 10.7 Å². The fourth-order valence-corrected chi connectivity index (χ4v) is 3.52. The number of aryl methyl sites for hydroxylation is 1. The molecule has 0 saturated heterocycles. The predicted octanol–water partition coefficient (Wildman–Crippen LogP) is 2.18. The van der Waals surface area contributed by atoms with E-state index in [1.165, 1.54) is 18.1 Å². The van der Waals surface area contributed by atoms with Crippen molar-refractivity contribution in [3.05, 3.63) is 60.3 Å². The van der Waals surface area contributed by atoms with Gasteiger partial charge in [0.1, 0.15) is 17.8 Å². The average molecular weight is 408 g/mol. The van der Waals surface area contributed by atoms with Crippen LogP contribution in [0.5, 0.6) is 0 Å². The van der Waals surface area contributed by atoms with Gasteiger partial charge >= 0.3 is 0 Å². The summed E-state index contributed by atoms with van der Waals surface area (Å²) in [5.74, 6) is 1.13.